The molecule has 1 N–H and O–H groups in total. The molecule has 0 aliphatic carbocycles. The molecule has 4 aromatic heterocycles. The van der Waals surface area contributed by atoms with Gasteiger partial charge in [0, 0.05) is 44.7 Å². The van der Waals surface area contributed by atoms with Gasteiger partial charge in [0.25, 0.3) is 0 Å². The Morgan fingerprint density at radius 2 is 1.88 bits per heavy atom. The number of anilines is 1. The molecule has 0 radical (unpaired) electrons. The molecule has 0 saturated heterocycles. The summed E-state index contributed by atoms with van der Waals surface area (Å²) in [7, 11) is 3.97. The number of rotatable bonds is 6. The third kappa shape index (κ3) is 6.12. The zero-order valence-electron chi connectivity index (χ0n) is 20.1. The topological polar surface area (TPSA) is 97.6 Å². The standard InChI is InChI=1S/C21H25N6O.C4H6N2/c1-14(2)12-23-21-22-9-7-18(25-21)16-5-4-6-17(24-16)19-11-20(28-26-19)15-8-10-27(3)13-15;1-6-4-2-3-5-6/h4-7,9,11,13-15H,8,10,12H2,1-3H3,(H,22,23,25);2-4H,1H3/q+1;. The lowest BCUT2D eigenvalue weighted by molar-refractivity contribution is -0.484. The Hall–Kier alpha value is -3.88. The minimum Gasteiger partial charge on any atom is -0.360 e. The quantitative estimate of drug-likeness (QED) is 0.437. The van der Waals surface area contributed by atoms with Crippen molar-refractivity contribution < 1.29 is 9.10 Å². The molecule has 5 heterocycles. The van der Waals surface area contributed by atoms with Crippen molar-refractivity contribution in [1.82, 2.24) is 29.9 Å². The third-order valence-corrected chi connectivity index (χ3v) is 5.36. The first kappa shape index (κ1) is 23.3. The van der Waals surface area contributed by atoms with Crippen LogP contribution in [0.4, 0.5) is 5.95 Å². The van der Waals surface area contributed by atoms with E-state index in [0.29, 0.717) is 11.9 Å². The first-order chi connectivity index (χ1) is 16.5. The zero-order chi connectivity index (χ0) is 23.9. The highest BCUT2D eigenvalue weighted by molar-refractivity contribution is 5.66. The summed E-state index contributed by atoms with van der Waals surface area (Å²) in [6, 6.07) is 11.6. The molecular formula is C25H31N8O+. The summed E-state index contributed by atoms with van der Waals surface area (Å²) < 4.78 is 9.52. The lowest BCUT2D eigenvalue weighted by atomic mass is 10.1. The molecule has 1 atom stereocenters. The molecular weight excluding hydrogens is 428 g/mol. The fourth-order valence-electron chi connectivity index (χ4n) is 3.55. The van der Waals surface area contributed by atoms with Gasteiger partial charge in [0.15, 0.2) is 12.0 Å². The number of nitrogens with one attached hydrogen (secondary N) is 1. The molecule has 1 aliphatic rings. The van der Waals surface area contributed by atoms with Crippen molar-refractivity contribution in [3.05, 3.63) is 60.7 Å². The van der Waals surface area contributed by atoms with Crippen LogP contribution in [0, 0.1) is 5.92 Å². The Balaban J connectivity index is 0.000000398. The number of aromatic nitrogens is 6. The van der Waals surface area contributed by atoms with Crippen LogP contribution in [-0.2, 0) is 7.05 Å². The predicted octanol–water partition coefficient (Wildman–Crippen LogP) is 3.88. The second-order valence-electron chi connectivity index (χ2n) is 8.77. The Kier molecular flexibility index (Phi) is 7.41. The monoisotopic (exact) mass is 459 g/mol. The fourth-order valence-corrected chi connectivity index (χ4v) is 3.55. The highest BCUT2D eigenvalue weighted by atomic mass is 16.5. The Morgan fingerprint density at radius 3 is 2.53 bits per heavy atom. The fraction of sp³-hybridized carbons (Fsp3) is 0.360. The Morgan fingerprint density at radius 1 is 1.09 bits per heavy atom. The van der Waals surface area contributed by atoms with Crippen molar-refractivity contribution in [1.29, 1.82) is 0 Å². The number of aryl methyl sites for hydroxylation is 1. The summed E-state index contributed by atoms with van der Waals surface area (Å²) >= 11 is 0. The van der Waals surface area contributed by atoms with Crippen LogP contribution in [0.5, 0.6) is 0 Å². The highest BCUT2D eigenvalue weighted by Gasteiger charge is 2.25. The lowest BCUT2D eigenvalue weighted by Crippen LogP contribution is -2.10. The smallest absolute Gasteiger partial charge is 0.223 e. The molecule has 1 aliphatic heterocycles. The van der Waals surface area contributed by atoms with Gasteiger partial charge in [-0.25, -0.2) is 19.5 Å². The van der Waals surface area contributed by atoms with Crippen LogP contribution in [0.1, 0.15) is 31.9 Å². The maximum atomic E-state index is 5.59. The van der Waals surface area contributed by atoms with E-state index in [1.165, 1.54) is 0 Å². The average Bonchev–Trinajstić information content (AvgIpc) is 3.61. The van der Waals surface area contributed by atoms with Gasteiger partial charge in [0.1, 0.15) is 25.2 Å². The maximum Gasteiger partial charge on any atom is 0.223 e. The average molecular weight is 460 g/mol. The summed E-state index contributed by atoms with van der Waals surface area (Å²) in [6.45, 7) is 6.16. The summed E-state index contributed by atoms with van der Waals surface area (Å²) in [4.78, 5) is 13.6. The summed E-state index contributed by atoms with van der Waals surface area (Å²) in [5.41, 5.74) is 3.07. The van der Waals surface area contributed by atoms with Crippen molar-refractivity contribution in [3.8, 4) is 22.8 Å². The maximum absolute atomic E-state index is 5.59. The zero-order valence-corrected chi connectivity index (χ0v) is 20.1. The Bertz CT molecular complexity index is 1230. The van der Waals surface area contributed by atoms with Crippen LogP contribution >= 0.6 is 0 Å². The second-order valence-corrected chi connectivity index (χ2v) is 8.77. The predicted molar refractivity (Wildman–Crippen MR) is 132 cm³/mol. The molecule has 5 rings (SSSR count). The number of nitrogens with zero attached hydrogens (tertiary/aromatic N) is 7. The molecule has 1 unspecified atom stereocenters. The molecule has 176 valence electrons. The van der Waals surface area contributed by atoms with Gasteiger partial charge in [-0.2, -0.15) is 5.10 Å². The minimum absolute atomic E-state index is 0.283. The van der Waals surface area contributed by atoms with Crippen molar-refractivity contribution >= 4 is 12.2 Å². The molecule has 9 heteroatoms. The van der Waals surface area contributed by atoms with Gasteiger partial charge in [0.2, 0.25) is 5.95 Å². The summed E-state index contributed by atoms with van der Waals surface area (Å²) in [5.74, 6) is 2.30. The van der Waals surface area contributed by atoms with Crippen LogP contribution in [-0.4, -0.2) is 60.8 Å². The molecule has 0 aromatic carbocycles. The van der Waals surface area contributed by atoms with Gasteiger partial charge in [-0.15, -0.1) is 0 Å². The van der Waals surface area contributed by atoms with Gasteiger partial charge in [0.05, 0.1) is 17.1 Å². The molecule has 4 aromatic rings. The van der Waals surface area contributed by atoms with Crippen LogP contribution < -0.4 is 5.32 Å². The van der Waals surface area contributed by atoms with Crippen molar-refractivity contribution in [2.75, 3.05) is 25.5 Å². The largest absolute Gasteiger partial charge is 0.360 e. The van der Waals surface area contributed by atoms with Gasteiger partial charge in [-0.05, 0) is 30.2 Å². The molecule has 0 fully saturated rings. The van der Waals surface area contributed by atoms with Crippen LogP contribution in [0.3, 0.4) is 0 Å². The van der Waals surface area contributed by atoms with Gasteiger partial charge < -0.3 is 9.84 Å². The lowest BCUT2D eigenvalue weighted by Gasteiger charge is -2.08. The molecule has 0 bridgehead atoms. The van der Waals surface area contributed by atoms with E-state index in [-0.39, 0.29) is 5.92 Å². The van der Waals surface area contributed by atoms with E-state index in [2.05, 4.69) is 57.2 Å². The van der Waals surface area contributed by atoms with Gasteiger partial charge >= 0.3 is 0 Å². The molecule has 0 amide bonds. The number of hydrogen-bond acceptors (Lipinski definition) is 7. The van der Waals surface area contributed by atoms with Gasteiger partial charge in [-0.3, -0.25) is 4.68 Å². The minimum atomic E-state index is 0.283. The van der Waals surface area contributed by atoms with Crippen molar-refractivity contribution in [2.24, 2.45) is 13.0 Å². The van der Waals surface area contributed by atoms with E-state index in [1.807, 2.05) is 49.6 Å². The third-order valence-electron chi connectivity index (χ3n) is 5.36. The normalized spacial score (nSPS) is 15.1. The van der Waals surface area contributed by atoms with Crippen LogP contribution in [0.2, 0.25) is 0 Å². The Labute approximate surface area is 199 Å². The van der Waals surface area contributed by atoms with Crippen molar-refractivity contribution in [2.45, 2.75) is 26.2 Å². The van der Waals surface area contributed by atoms with Crippen LogP contribution in [0.25, 0.3) is 22.8 Å². The van der Waals surface area contributed by atoms with E-state index in [9.17, 15) is 0 Å². The van der Waals surface area contributed by atoms with E-state index < -0.39 is 0 Å². The van der Waals surface area contributed by atoms with Crippen molar-refractivity contribution in [3.63, 3.8) is 0 Å². The summed E-state index contributed by atoms with van der Waals surface area (Å²) in [6.07, 6.45) is 8.62. The highest BCUT2D eigenvalue weighted by Crippen LogP contribution is 2.27. The van der Waals surface area contributed by atoms with E-state index >= 15 is 0 Å². The summed E-state index contributed by atoms with van der Waals surface area (Å²) in [5, 5.41) is 11.3. The number of hydrogen-bond donors (Lipinski definition) is 1. The molecule has 9 nitrogen and oxygen atoms in total. The first-order valence-corrected chi connectivity index (χ1v) is 11.5. The van der Waals surface area contributed by atoms with E-state index in [0.717, 1.165) is 48.0 Å². The SMILES string of the molecule is CC(C)CNc1nccc(-c2cccc(-c3cc(C4C=[N+](C)CC4)on3)n2)n1.Cn1cccn1. The van der Waals surface area contributed by atoms with Crippen LogP contribution in [0.15, 0.2) is 59.5 Å². The first-order valence-electron chi connectivity index (χ1n) is 11.5. The van der Waals surface area contributed by atoms with Gasteiger partial charge in [-0.1, -0.05) is 25.1 Å². The van der Waals surface area contributed by atoms with E-state index in [4.69, 9.17) is 9.51 Å². The molecule has 34 heavy (non-hydrogen) atoms. The van der Waals surface area contributed by atoms with E-state index in [1.54, 1.807) is 17.1 Å². The number of pyridine rings is 1. The molecule has 0 spiro atoms. The molecule has 0 saturated carbocycles. The second kappa shape index (κ2) is 10.8.